The Balaban J connectivity index is 1.50. The number of aromatic amines is 1. The first-order valence-electron chi connectivity index (χ1n) is 9.19. The van der Waals surface area contributed by atoms with Crippen LogP contribution in [0.25, 0.3) is 11.0 Å². The van der Waals surface area contributed by atoms with E-state index in [1.165, 1.54) is 18.4 Å². The molecule has 1 atom stereocenters. The van der Waals surface area contributed by atoms with Crippen molar-refractivity contribution >= 4 is 11.0 Å². The van der Waals surface area contributed by atoms with E-state index in [1.807, 2.05) is 0 Å². The SMILES string of the molecule is CCc1nnc(CN2CCC[C@@H](c3nc4ccc(C)cc4[nH]3)C2)n1C. The Bertz CT molecular complexity index is 877. The van der Waals surface area contributed by atoms with E-state index in [-0.39, 0.29) is 0 Å². The van der Waals surface area contributed by atoms with Gasteiger partial charge in [-0.2, -0.15) is 0 Å². The third-order valence-corrected chi connectivity index (χ3v) is 5.28. The summed E-state index contributed by atoms with van der Waals surface area (Å²) in [5, 5.41) is 8.65. The van der Waals surface area contributed by atoms with Gasteiger partial charge in [-0.05, 0) is 44.0 Å². The molecule has 6 heteroatoms. The van der Waals surface area contributed by atoms with Gasteiger partial charge in [-0.1, -0.05) is 13.0 Å². The first-order chi connectivity index (χ1) is 12.1. The Morgan fingerprint density at radius 2 is 2.08 bits per heavy atom. The van der Waals surface area contributed by atoms with E-state index in [2.05, 4.69) is 63.7 Å². The summed E-state index contributed by atoms with van der Waals surface area (Å²) in [5.41, 5.74) is 3.48. The lowest BCUT2D eigenvalue weighted by molar-refractivity contribution is 0.191. The number of nitrogens with zero attached hydrogens (tertiary/aromatic N) is 5. The Hall–Kier alpha value is -2.21. The van der Waals surface area contributed by atoms with E-state index in [1.54, 1.807) is 0 Å². The van der Waals surface area contributed by atoms with Crippen molar-refractivity contribution in [2.75, 3.05) is 13.1 Å². The minimum Gasteiger partial charge on any atom is -0.342 e. The van der Waals surface area contributed by atoms with Gasteiger partial charge in [-0.15, -0.1) is 10.2 Å². The molecular formula is C19H26N6. The number of aryl methyl sites for hydroxylation is 2. The second kappa shape index (κ2) is 6.59. The molecule has 25 heavy (non-hydrogen) atoms. The molecule has 0 spiro atoms. The second-order valence-corrected chi connectivity index (χ2v) is 7.16. The van der Waals surface area contributed by atoms with Gasteiger partial charge < -0.3 is 9.55 Å². The minimum atomic E-state index is 0.459. The lowest BCUT2D eigenvalue weighted by Crippen LogP contribution is -2.35. The van der Waals surface area contributed by atoms with E-state index >= 15 is 0 Å². The van der Waals surface area contributed by atoms with E-state index in [4.69, 9.17) is 4.98 Å². The smallest absolute Gasteiger partial charge is 0.146 e. The quantitative estimate of drug-likeness (QED) is 0.794. The number of aromatic nitrogens is 5. The van der Waals surface area contributed by atoms with Gasteiger partial charge in [-0.3, -0.25) is 4.90 Å². The standard InChI is InChI=1S/C19H26N6/c1-4-17-22-23-18(24(17)3)12-25-9-5-6-14(11-25)19-20-15-8-7-13(2)10-16(15)21-19/h7-8,10,14H,4-6,9,11-12H2,1-3H3,(H,20,21)/t14-/m1/s1. The highest BCUT2D eigenvalue weighted by atomic mass is 15.3. The molecule has 0 bridgehead atoms. The highest BCUT2D eigenvalue weighted by Gasteiger charge is 2.25. The van der Waals surface area contributed by atoms with Crippen LogP contribution in [0.5, 0.6) is 0 Å². The largest absolute Gasteiger partial charge is 0.342 e. The van der Waals surface area contributed by atoms with Crippen LogP contribution in [0.1, 0.15) is 48.7 Å². The topological polar surface area (TPSA) is 62.6 Å². The summed E-state index contributed by atoms with van der Waals surface area (Å²) >= 11 is 0. The van der Waals surface area contributed by atoms with Crippen molar-refractivity contribution < 1.29 is 0 Å². The molecule has 2 aromatic heterocycles. The van der Waals surface area contributed by atoms with Gasteiger partial charge in [0, 0.05) is 25.9 Å². The number of fused-ring (bicyclic) bond motifs is 1. The van der Waals surface area contributed by atoms with Crippen molar-refractivity contribution in [2.24, 2.45) is 7.05 Å². The van der Waals surface area contributed by atoms with Crippen LogP contribution in [0.4, 0.5) is 0 Å². The number of hydrogen-bond acceptors (Lipinski definition) is 4. The fourth-order valence-corrected chi connectivity index (χ4v) is 3.80. The molecule has 0 radical (unpaired) electrons. The summed E-state index contributed by atoms with van der Waals surface area (Å²) in [6.07, 6.45) is 3.30. The van der Waals surface area contributed by atoms with E-state index in [0.29, 0.717) is 5.92 Å². The van der Waals surface area contributed by atoms with Gasteiger partial charge in [0.15, 0.2) is 0 Å². The Labute approximate surface area is 148 Å². The Kier molecular flexibility index (Phi) is 4.29. The first-order valence-corrected chi connectivity index (χ1v) is 9.19. The number of nitrogens with one attached hydrogen (secondary N) is 1. The number of H-pyrrole nitrogens is 1. The monoisotopic (exact) mass is 338 g/mol. The molecule has 0 unspecified atom stereocenters. The van der Waals surface area contributed by atoms with Crippen LogP contribution in [0.3, 0.4) is 0 Å². The second-order valence-electron chi connectivity index (χ2n) is 7.16. The predicted molar refractivity (Wildman–Crippen MR) is 98.5 cm³/mol. The summed E-state index contributed by atoms with van der Waals surface area (Å²) < 4.78 is 2.13. The van der Waals surface area contributed by atoms with Crippen molar-refractivity contribution in [1.82, 2.24) is 29.6 Å². The van der Waals surface area contributed by atoms with E-state index < -0.39 is 0 Å². The van der Waals surface area contributed by atoms with Gasteiger partial charge in [0.2, 0.25) is 0 Å². The lowest BCUT2D eigenvalue weighted by atomic mass is 9.97. The maximum absolute atomic E-state index is 4.84. The van der Waals surface area contributed by atoms with Gasteiger partial charge in [0.25, 0.3) is 0 Å². The zero-order valence-electron chi connectivity index (χ0n) is 15.3. The highest BCUT2D eigenvalue weighted by molar-refractivity contribution is 5.75. The van der Waals surface area contributed by atoms with Crippen LogP contribution in [-0.4, -0.2) is 42.7 Å². The molecule has 0 amide bonds. The molecule has 0 saturated carbocycles. The highest BCUT2D eigenvalue weighted by Crippen LogP contribution is 2.27. The minimum absolute atomic E-state index is 0.459. The zero-order chi connectivity index (χ0) is 17.4. The first kappa shape index (κ1) is 16.3. The number of likely N-dealkylation sites (tertiary alicyclic amines) is 1. The molecule has 1 aromatic carbocycles. The summed E-state index contributed by atoms with van der Waals surface area (Å²) in [5.74, 6) is 3.69. The fourth-order valence-electron chi connectivity index (χ4n) is 3.80. The van der Waals surface area contributed by atoms with Gasteiger partial charge in [0.1, 0.15) is 17.5 Å². The fraction of sp³-hybridized carbons (Fsp3) is 0.526. The van der Waals surface area contributed by atoms with Crippen molar-refractivity contribution in [2.45, 2.75) is 45.6 Å². The van der Waals surface area contributed by atoms with Gasteiger partial charge in [-0.25, -0.2) is 4.98 Å². The van der Waals surface area contributed by atoms with Crippen LogP contribution >= 0.6 is 0 Å². The summed E-state index contributed by atoms with van der Waals surface area (Å²) in [6.45, 7) is 7.23. The van der Waals surface area contributed by atoms with Crippen molar-refractivity contribution in [1.29, 1.82) is 0 Å². The molecule has 3 heterocycles. The summed E-state index contributed by atoms with van der Waals surface area (Å²) in [7, 11) is 2.07. The average Bonchev–Trinajstić information content (AvgIpc) is 3.19. The van der Waals surface area contributed by atoms with Gasteiger partial charge >= 0.3 is 0 Å². The Morgan fingerprint density at radius 3 is 2.88 bits per heavy atom. The van der Waals surface area contributed by atoms with E-state index in [0.717, 1.165) is 54.6 Å². The third-order valence-electron chi connectivity index (χ3n) is 5.28. The number of imidazole rings is 1. The molecule has 1 N–H and O–H groups in total. The van der Waals surface area contributed by atoms with Crippen LogP contribution in [0.2, 0.25) is 0 Å². The number of benzene rings is 1. The molecular weight excluding hydrogens is 312 g/mol. The van der Waals surface area contributed by atoms with Crippen LogP contribution in [0, 0.1) is 6.92 Å². The zero-order valence-corrected chi connectivity index (χ0v) is 15.3. The van der Waals surface area contributed by atoms with Crippen LogP contribution in [-0.2, 0) is 20.0 Å². The third kappa shape index (κ3) is 3.18. The maximum atomic E-state index is 4.84. The molecule has 132 valence electrons. The summed E-state index contributed by atoms with van der Waals surface area (Å²) in [4.78, 5) is 10.9. The number of hydrogen-bond donors (Lipinski definition) is 1. The van der Waals surface area contributed by atoms with Crippen LogP contribution < -0.4 is 0 Å². The lowest BCUT2D eigenvalue weighted by Gasteiger charge is -2.31. The molecule has 0 aliphatic carbocycles. The molecule has 4 rings (SSSR count). The van der Waals surface area contributed by atoms with E-state index in [9.17, 15) is 0 Å². The molecule has 3 aromatic rings. The molecule has 1 aliphatic rings. The predicted octanol–water partition coefficient (Wildman–Crippen LogP) is 2.94. The summed E-state index contributed by atoms with van der Waals surface area (Å²) in [6, 6.07) is 6.41. The van der Waals surface area contributed by atoms with Crippen LogP contribution in [0.15, 0.2) is 18.2 Å². The normalized spacial score (nSPS) is 18.9. The molecule has 6 nitrogen and oxygen atoms in total. The maximum Gasteiger partial charge on any atom is 0.146 e. The van der Waals surface area contributed by atoms with Crippen molar-refractivity contribution in [3.8, 4) is 0 Å². The van der Waals surface area contributed by atoms with Crippen molar-refractivity contribution in [3.63, 3.8) is 0 Å². The number of piperidine rings is 1. The average molecular weight is 338 g/mol. The Morgan fingerprint density at radius 1 is 1.24 bits per heavy atom. The molecule has 1 aliphatic heterocycles. The van der Waals surface area contributed by atoms with Crippen molar-refractivity contribution in [3.05, 3.63) is 41.2 Å². The number of rotatable bonds is 4. The molecule has 1 fully saturated rings. The molecule has 1 saturated heterocycles. The van der Waals surface area contributed by atoms with Gasteiger partial charge in [0.05, 0.1) is 17.6 Å².